The molecule has 164 valence electrons. The van der Waals surface area contributed by atoms with E-state index < -0.39 is 0 Å². The number of amides is 1. The molecule has 1 fully saturated rings. The second-order valence-electron chi connectivity index (χ2n) is 6.92. The van der Waals surface area contributed by atoms with Gasteiger partial charge in [0.1, 0.15) is 5.75 Å². The molecule has 9 heteroatoms. The number of hydrazine groups is 1. The van der Waals surface area contributed by atoms with E-state index in [0.717, 1.165) is 43.3 Å². The first-order chi connectivity index (χ1) is 14.0. The molecule has 3 rings (SSSR count). The Bertz CT molecular complexity index is 830. The van der Waals surface area contributed by atoms with Gasteiger partial charge in [-0.05, 0) is 36.2 Å². The Morgan fingerprint density at radius 2 is 1.73 bits per heavy atom. The van der Waals surface area contributed by atoms with Gasteiger partial charge in [0.15, 0.2) is 0 Å². The maximum atomic E-state index is 12.2. The molecule has 1 amide bonds. The molecular weight excluding hydrogens is 468 g/mol. The standard InChI is InChI=1S/C21H24Cl3N3O2.ClH/c22-17-7-8-20(19(24)14-17)29-13-3-6-21(28)25-27-11-9-26(10-12-27)15-16-4-1-2-5-18(16)23;/h1-2,4-5,7-8,14H,3,6,9-13,15H2,(H,25,28);1H. The SMILES string of the molecule is Cl.O=C(CCCOc1ccc(Cl)cc1Cl)NN1CCN(Cc2ccccc2Cl)CC1. The van der Waals surface area contributed by atoms with Crippen LogP contribution in [0.3, 0.4) is 0 Å². The number of ether oxygens (including phenoxy) is 1. The molecule has 0 saturated carbocycles. The highest BCUT2D eigenvalue weighted by Crippen LogP contribution is 2.27. The summed E-state index contributed by atoms with van der Waals surface area (Å²) in [5.41, 5.74) is 4.11. The fraction of sp³-hybridized carbons (Fsp3) is 0.381. The van der Waals surface area contributed by atoms with E-state index in [2.05, 4.69) is 16.4 Å². The Morgan fingerprint density at radius 1 is 1.00 bits per heavy atom. The lowest BCUT2D eigenvalue weighted by molar-refractivity contribution is -0.127. The number of carbonyl (C=O) groups excluding carboxylic acids is 1. The number of piperazine rings is 1. The number of benzene rings is 2. The highest BCUT2D eigenvalue weighted by molar-refractivity contribution is 6.35. The predicted molar refractivity (Wildman–Crippen MR) is 125 cm³/mol. The van der Waals surface area contributed by atoms with Gasteiger partial charge < -0.3 is 4.74 Å². The molecule has 1 aliphatic heterocycles. The first-order valence-electron chi connectivity index (χ1n) is 9.59. The first-order valence-corrected chi connectivity index (χ1v) is 10.7. The summed E-state index contributed by atoms with van der Waals surface area (Å²) >= 11 is 18.2. The van der Waals surface area contributed by atoms with Gasteiger partial charge in [0.05, 0.1) is 11.6 Å². The quantitative estimate of drug-likeness (QED) is 0.522. The molecule has 5 nitrogen and oxygen atoms in total. The Morgan fingerprint density at radius 3 is 2.43 bits per heavy atom. The van der Waals surface area contributed by atoms with E-state index in [1.807, 2.05) is 23.2 Å². The highest BCUT2D eigenvalue weighted by atomic mass is 35.5. The van der Waals surface area contributed by atoms with E-state index in [-0.39, 0.29) is 18.3 Å². The Labute approximate surface area is 198 Å². The molecule has 0 atom stereocenters. The number of rotatable bonds is 8. The van der Waals surface area contributed by atoms with Crippen LogP contribution in [0.4, 0.5) is 0 Å². The molecule has 30 heavy (non-hydrogen) atoms. The summed E-state index contributed by atoms with van der Waals surface area (Å²) in [6.07, 6.45) is 1.00. The van der Waals surface area contributed by atoms with Gasteiger partial charge in [-0.3, -0.25) is 15.1 Å². The van der Waals surface area contributed by atoms with Gasteiger partial charge in [-0.2, -0.15) is 0 Å². The largest absolute Gasteiger partial charge is 0.492 e. The second kappa shape index (κ2) is 12.6. The van der Waals surface area contributed by atoms with Crippen molar-refractivity contribution in [3.8, 4) is 5.75 Å². The fourth-order valence-electron chi connectivity index (χ4n) is 3.12. The van der Waals surface area contributed by atoms with Gasteiger partial charge in [-0.1, -0.05) is 53.0 Å². The van der Waals surface area contributed by atoms with E-state index in [0.29, 0.717) is 35.2 Å². The molecule has 0 spiro atoms. The van der Waals surface area contributed by atoms with E-state index in [4.69, 9.17) is 39.5 Å². The van der Waals surface area contributed by atoms with Crippen LogP contribution < -0.4 is 10.2 Å². The van der Waals surface area contributed by atoms with E-state index >= 15 is 0 Å². The van der Waals surface area contributed by atoms with Crippen LogP contribution in [0.25, 0.3) is 0 Å². The zero-order valence-electron chi connectivity index (χ0n) is 16.5. The maximum absolute atomic E-state index is 12.2. The highest BCUT2D eigenvalue weighted by Gasteiger charge is 2.19. The molecule has 0 unspecified atom stereocenters. The third kappa shape index (κ3) is 7.80. The van der Waals surface area contributed by atoms with Gasteiger partial charge in [0, 0.05) is 49.2 Å². The van der Waals surface area contributed by atoms with Crippen molar-refractivity contribution < 1.29 is 9.53 Å². The molecule has 2 aromatic rings. The minimum absolute atomic E-state index is 0. The summed E-state index contributed by atoms with van der Waals surface area (Å²) < 4.78 is 5.61. The lowest BCUT2D eigenvalue weighted by Crippen LogP contribution is -2.53. The minimum Gasteiger partial charge on any atom is -0.492 e. The molecule has 2 aromatic carbocycles. The Balaban J connectivity index is 0.00000320. The van der Waals surface area contributed by atoms with Crippen molar-refractivity contribution in [2.75, 3.05) is 32.8 Å². The summed E-state index contributed by atoms with van der Waals surface area (Å²) in [6.45, 7) is 4.57. The van der Waals surface area contributed by atoms with Crippen LogP contribution in [-0.4, -0.2) is 48.6 Å². The van der Waals surface area contributed by atoms with Crippen molar-refractivity contribution >= 4 is 53.1 Å². The van der Waals surface area contributed by atoms with Crippen LogP contribution in [0.5, 0.6) is 5.75 Å². The van der Waals surface area contributed by atoms with Gasteiger partial charge in [0.2, 0.25) is 5.91 Å². The molecular formula is C21H25Cl4N3O2. The third-order valence-corrected chi connectivity index (χ3v) is 5.61. The molecule has 1 heterocycles. The van der Waals surface area contributed by atoms with Crippen molar-refractivity contribution in [1.29, 1.82) is 0 Å². The van der Waals surface area contributed by atoms with Crippen LogP contribution in [0.2, 0.25) is 15.1 Å². The fourth-order valence-corrected chi connectivity index (χ4v) is 3.78. The third-order valence-electron chi connectivity index (χ3n) is 4.71. The van der Waals surface area contributed by atoms with Crippen molar-refractivity contribution in [2.24, 2.45) is 0 Å². The van der Waals surface area contributed by atoms with Crippen molar-refractivity contribution in [2.45, 2.75) is 19.4 Å². The summed E-state index contributed by atoms with van der Waals surface area (Å²) in [4.78, 5) is 14.5. The summed E-state index contributed by atoms with van der Waals surface area (Å²) in [7, 11) is 0. The van der Waals surface area contributed by atoms with E-state index in [1.165, 1.54) is 0 Å². The number of nitrogens with zero attached hydrogens (tertiary/aromatic N) is 2. The Kier molecular flexibility index (Phi) is 10.5. The van der Waals surface area contributed by atoms with Gasteiger partial charge >= 0.3 is 0 Å². The summed E-state index contributed by atoms with van der Waals surface area (Å²) in [5, 5.41) is 3.80. The molecule has 0 radical (unpaired) electrons. The normalized spacial score (nSPS) is 14.8. The van der Waals surface area contributed by atoms with Crippen molar-refractivity contribution in [3.05, 3.63) is 63.1 Å². The number of hydrogen-bond acceptors (Lipinski definition) is 4. The molecule has 0 aliphatic carbocycles. The van der Waals surface area contributed by atoms with E-state index in [9.17, 15) is 4.79 Å². The van der Waals surface area contributed by atoms with Gasteiger partial charge in [-0.15, -0.1) is 12.4 Å². The Hall–Kier alpha value is -1.21. The lowest BCUT2D eigenvalue weighted by Gasteiger charge is -2.34. The van der Waals surface area contributed by atoms with Crippen LogP contribution in [0.15, 0.2) is 42.5 Å². The van der Waals surface area contributed by atoms with Gasteiger partial charge in [-0.25, -0.2) is 5.01 Å². The number of carbonyl (C=O) groups is 1. The summed E-state index contributed by atoms with van der Waals surface area (Å²) in [6, 6.07) is 13.0. The predicted octanol–water partition coefficient (Wildman–Crippen LogP) is 5.08. The molecule has 0 bridgehead atoms. The van der Waals surface area contributed by atoms with Crippen LogP contribution in [-0.2, 0) is 11.3 Å². The second-order valence-corrected chi connectivity index (χ2v) is 8.17. The average Bonchev–Trinajstić information content (AvgIpc) is 2.70. The summed E-state index contributed by atoms with van der Waals surface area (Å²) in [5.74, 6) is 0.571. The maximum Gasteiger partial charge on any atom is 0.234 e. The van der Waals surface area contributed by atoms with E-state index in [1.54, 1.807) is 18.2 Å². The number of nitrogens with one attached hydrogen (secondary N) is 1. The smallest absolute Gasteiger partial charge is 0.234 e. The topological polar surface area (TPSA) is 44.8 Å². The lowest BCUT2D eigenvalue weighted by atomic mass is 10.2. The molecule has 1 N–H and O–H groups in total. The van der Waals surface area contributed by atoms with Crippen LogP contribution in [0.1, 0.15) is 18.4 Å². The number of hydrogen-bond donors (Lipinski definition) is 1. The molecule has 1 aliphatic rings. The first kappa shape index (κ1) is 25.1. The molecule has 1 saturated heterocycles. The van der Waals surface area contributed by atoms with Crippen molar-refractivity contribution in [1.82, 2.24) is 15.3 Å². The minimum atomic E-state index is -0.00430. The zero-order chi connectivity index (χ0) is 20.6. The zero-order valence-corrected chi connectivity index (χ0v) is 19.5. The van der Waals surface area contributed by atoms with Gasteiger partial charge in [0.25, 0.3) is 0 Å². The van der Waals surface area contributed by atoms with Crippen LogP contribution >= 0.6 is 47.2 Å². The average molecular weight is 493 g/mol. The molecule has 0 aromatic heterocycles. The monoisotopic (exact) mass is 491 g/mol. The van der Waals surface area contributed by atoms with Crippen molar-refractivity contribution in [3.63, 3.8) is 0 Å². The number of halogens is 4. The van der Waals surface area contributed by atoms with Crippen LogP contribution in [0, 0.1) is 0 Å².